The number of ether oxygens (including phenoxy) is 4. The Bertz CT molecular complexity index is 1900. The third kappa shape index (κ3) is 10.2. The van der Waals surface area contributed by atoms with Crippen LogP contribution < -0.4 is 20.7 Å². The zero-order chi connectivity index (χ0) is 37.6. The topological polar surface area (TPSA) is 167 Å². The van der Waals surface area contributed by atoms with E-state index >= 15 is 0 Å². The van der Waals surface area contributed by atoms with E-state index < -0.39 is 40.8 Å². The molecule has 4 rings (SSSR count). The third-order valence-corrected chi connectivity index (χ3v) is 6.91. The van der Waals surface area contributed by atoms with Crippen LogP contribution in [0.1, 0.15) is 71.3 Å². The Morgan fingerprint density at radius 2 is 1.65 bits per heavy atom. The number of carbonyl (C=O) groups is 3. The maximum absolute atomic E-state index is 14.7. The number of carbonyl (C=O) groups excluding carboxylic acids is 3. The van der Waals surface area contributed by atoms with Gasteiger partial charge in [0, 0.05) is 12.1 Å². The number of nitrogens with zero attached hydrogens (tertiary/aromatic N) is 4. The summed E-state index contributed by atoms with van der Waals surface area (Å²) in [4.78, 5) is 47.4. The first-order valence-corrected chi connectivity index (χ1v) is 16.2. The molecule has 272 valence electrons. The molecule has 15 heteroatoms. The summed E-state index contributed by atoms with van der Waals surface area (Å²) >= 11 is 0. The van der Waals surface area contributed by atoms with E-state index in [-0.39, 0.29) is 54.0 Å². The lowest BCUT2D eigenvalue weighted by Crippen LogP contribution is -2.45. The number of nitrogens with one attached hydrogen (secondary N) is 3. The molecule has 3 N–H and O–H groups in total. The zero-order valence-corrected chi connectivity index (χ0v) is 30.0. The second-order valence-electron chi connectivity index (χ2n) is 13.6. The molecule has 3 heterocycles. The quantitative estimate of drug-likeness (QED) is 0.0796. The molecule has 2 amide bonds. The standard InChI is InChI=1S/C36H44FN7O7/c1-10-36(9,21-40-32(46)50-34(3,4)5)49-30-23(17-24(37)19-39-30)18-38-27-26(22-15-13-12-14-16-22)29(43-33(47)51-35(6,7)8)44-28(42-27)25(20-41-44)31(45)48-11-2/h10,12-17,19-20H,1,11,18,21H2,2-9H3,(H,38,42)(H,40,46)(H,43,47). The van der Waals surface area contributed by atoms with Crippen LogP contribution in [0.4, 0.5) is 25.6 Å². The number of halogens is 1. The number of esters is 1. The number of amides is 2. The first-order chi connectivity index (χ1) is 23.9. The van der Waals surface area contributed by atoms with Crippen molar-refractivity contribution in [3.05, 3.63) is 78.4 Å². The summed E-state index contributed by atoms with van der Waals surface area (Å²) in [7, 11) is 0. The van der Waals surface area contributed by atoms with Gasteiger partial charge in [-0.3, -0.25) is 5.32 Å². The molecule has 0 aliphatic carbocycles. The van der Waals surface area contributed by atoms with Crippen molar-refractivity contribution in [2.75, 3.05) is 23.8 Å². The molecule has 14 nitrogen and oxygen atoms in total. The molecule has 0 aliphatic rings. The van der Waals surface area contributed by atoms with Crippen molar-refractivity contribution in [1.29, 1.82) is 0 Å². The highest BCUT2D eigenvalue weighted by Crippen LogP contribution is 2.36. The Hall–Kier alpha value is -5.73. The molecule has 0 saturated carbocycles. The summed E-state index contributed by atoms with van der Waals surface area (Å²) < 4.78 is 38.3. The van der Waals surface area contributed by atoms with Crippen LogP contribution in [0, 0.1) is 5.82 Å². The number of hydrogen-bond donors (Lipinski definition) is 3. The van der Waals surface area contributed by atoms with Gasteiger partial charge >= 0.3 is 18.2 Å². The summed E-state index contributed by atoms with van der Waals surface area (Å²) in [5.74, 6) is -0.928. The lowest BCUT2D eigenvalue weighted by atomic mass is 10.1. The van der Waals surface area contributed by atoms with Crippen LogP contribution in [0.5, 0.6) is 5.88 Å². The van der Waals surface area contributed by atoms with Crippen LogP contribution in [-0.4, -0.2) is 67.7 Å². The van der Waals surface area contributed by atoms with Crippen molar-refractivity contribution >= 4 is 35.4 Å². The van der Waals surface area contributed by atoms with Gasteiger partial charge in [0.2, 0.25) is 5.88 Å². The number of benzene rings is 1. The van der Waals surface area contributed by atoms with Crippen molar-refractivity contribution < 1.29 is 37.7 Å². The van der Waals surface area contributed by atoms with Crippen LogP contribution in [0.2, 0.25) is 0 Å². The van der Waals surface area contributed by atoms with E-state index in [1.807, 2.05) is 6.07 Å². The molecule has 0 fully saturated rings. The third-order valence-electron chi connectivity index (χ3n) is 6.91. The van der Waals surface area contributed by atoms with E-state index in [1.54, 1.807) is 79.7 Å². The summed E-state index contributed by atoms with van der Waals surface area (Å²) in [6, 6.07) is 10.3. The van der Waals surface area contributed by atoms with Gasteiger partial charge < -0.3 is 29.6 Å². The Morgan fingerprint density at radius 1 is 0.980 bits per heavy atom. The predicted octanol–water partition coefficient (Wildman–Crippen LogP) is 6.91. The van der Waals surface area contributed by atoms with Crippen LogP contribution in [0.25, 0.3) is 16.8 Å². The van der Waals surface area contributed by atoms with Crippen molar-refractivity contribution in [2.45, 2.75) is 78.7 Å². The molecule has 3 aromatic heterocycles. The first kappa shape index (κ1) is 38.1. The summed E-state index contributed by atoms with van der Waals surface area (Å²) in [5, 5.41) is 13.0. The molecule has 0 aliphatic heterocycles. The zero-order valence-electron chi connectivity index (χ0n) is 30.0. The van der Waals surface area contributed by atoms with Gasteiger partial charge in [0.05, 0.1) is 31.1 Å². The molecular formula is C36H44FN7O7. The second-order valence-corrected chi connectivity index (χ2v) is 13.6. The highest BCUT2D eigenvalue weighted by molar-refractivity contribution is 5.99. The monoisotopic (exact) mass is 705 g/mol. The number of hydrogen-bond acceptors (Lipinski definition) is 11. The Labute approximate surface area is 295 Å². The molecule has 0 saturated heterocycles. The minimum atomic E-state index is -1.18. The molecule has 1 atom stereocenters. The van der Waals surface area contributed by atoms with E-state index in [2.05, 4.69) is 32.6 Å². The van der Waals surface area contributed by atoms with Crippen LogP contribution >= 0.6 is 0 Å². The normalized spacial score (nSPS) is 12.7. The molecular weight excluding hydrogens is 661 g/mol. The molecule has 0 radical (unpaired) electrons. The predicted molar refractivity (Wildman–Crippen MR) is 189 cm³/mol. The van der Waals surface area contributed by atoms with Gasteiger partial charge in [-0.15, -0.1) is 0 Å². The summed E-state index contributed by atoms with van der Waals surface area (Å²) in [6.07, 6.45) is 2.36. The average Bonchev–Trinajstić information content (AvgIpc) is 3.47. The first-order valence-electron chi connectivity index (χ1n) is 16.2. The van der Waals surface area contributed by atoms with E-state index in [0.717, 1.165) is 6.20 Å². The van der Waals surface area contributed by atoms with Crippen molar-refractivity contribution in [3.63, 3.8) is 0 Å². The summed E-state index contributed by atoms with van der Waals surface area (Å²) in [6.45, 7) is 17.6. The number of aromatic nitrogens is 4. The van der Waals surface area contributed by atoms with Gasteiger partial charge in [-0.2, -0.15) is 9.61 Å². The molecule has 1 aromatic carbocycles. The van der Waals surface area contributed by atoms with Crippen LogP contribution in [-0.2, 0) is 20.8 Å². The average molecular weight is 706 g/mol. The number of pyridine rings is 1. The number of fused-ring (bicyclic) bond motifs is 1. The Balaban J connectivity index is 1.79. The fraction of sp³-hybridized carbons (Fsp3) is 0.389. The van der Waals surface area contributed by atoms with Crippen molar-refractivity contribution in [1.82, 2.24) is 24.9 Å². The van der Waals surface area contributed by atoms with Crippen LogP contribution in [0.3, 0.4) is 0 Å². The molecule has 51 heavy (non-hydrogen) atoms. The van der Waals surface area contributed by atoms with E-state index in [9.17, 15) is 18.8 Å². The van der Waals surface area contributed by atoms with Gasteiger partial charge in [0.25, 0.3) is 0 Å². The fourth-order valence-electron chi connectivity index (χ4n) is 4.67. The number of alkyl carbamates (subject to hydrolysis) is 1. The molecule has 0 spiro atoms. The smallest absolute Gasteiger partial charge is 0.413 e. The van der Waals surface area contributed by atoms with Gasteiger partial charge in [-0.05, 0) is 73.1 Å². The number of anilines is 2. The lowest BCUT2D eigenvalue weighted by Gasteiger charge is -2.29. The molecule has 4 aromatic rings. The lowest BCUT2D eigenvalue weighted by molar-refractivity contribution is 0.0466. The highest BCUT2D eigenvalue weighted by Gasteiger charge is 2.29. The Kier molecular flexibility index (Phi) is 11.5. The second kappa shape index (κ2) is 15.4. The van der Waals surface area contributed by atoms with E-state index in [4.69, 9.17) is 23.9 Å². The minimum absolute atomic E-state index is 0.0364. The SMILES string of the molecule is C=CC(C)(CNC(=O)OC(C)(C)C)Oc1ncc(F)cc1CNc1nc2c(C(=O)OCC)cnn2c(NC(=O)OC(C)(C)C)c1-c1ccccc1. The number of rotatable bonds is 12. The van der Waals surface area contributed by atoms with Gasteiger partial charge in [0.15, 0.2) is 11.5 Å². The van der Waals surface area contributed by atoms with Crippen molar-refractivity contribution in [3.8, 4) is 17.0 Å². The van der Waals surface area contributed by atoms with Crippen LogP contribution in [0.15, 0.2) is 61.4 Å². The maximum atomic E-state index is 14.7. The Morgan fingerprint density at radius 3 is 2.27 bits per heavy atom. The summed E-state index contributed by atoms with van der Waals surface area (Å²) in [5.41, 5.74) is -1.31. The van der Waals surface area contributed by atoms with Gasteiger partial charge in [-0.1, -0.05) is 36.9 Å². The highest BCUT2D eigenvalue weighted by atomic mass is 19.1. The molecule has 0 bridgehead atoms. The maximum Gasteiger partial charge on any atom is 0.413 e. The van der Waals surface area contributed by atoms with Crippen molar-refractivity contribution in [2.24, 2.45) is 0 Å². The van der Waals surface area contributed by atoms with Gasteiger partial charge in [-0.25, -0.2) is 28.7 Å². The fourth-order valence-corrected chi connectivity index (χ4v) is 4.67. The van der Waals surface area contributed by atoms with Gasteiger partial charge in [0.1, 0.15) is 34.0 Å². The largest absolute Gasteiger partial charge is 0.465 e. The minimum Gasteiger partial charge on any atom is -0.465 e. The van der Waals surface area contributed by atoms with E-state index in [1.165, 1.54) is 22.9 Å². The van der Waals surface area contributed by atoms with E-state index in [0.29, 0.717) is 11.1 Å². The molecule has 1 unspecified atom stereocenters.